The summed E-state index contributed by atoms with van der Waals surface area (Å²) in [4.78, 5) is 12.9. The van der Waals surface area contributed by atoms with Crippen molar-refractivity contribution in [3.8, 4) is 17.2 Å². The lowest BCUT2D eigenvalue weighted by molar-refractivity contribution is 0.104. The van der Waals surface area contributed by atoms with Gasteiger partial charge < -0.3 is 14.6 Å². The van der Waals surface area contributed by atoms with Gasteiger partial charge in [0.25, 0.3) is 0 Å². The van der Waals surface area contributed by atoms with Crippen molar-refractivity contribution in [2.75, 3.05) is 7.11 Å². The number of phenolic OH excluding ortho intramolecular Hbond substituents is 1. The fraction of sp³-hybridized carbons (Fsp3) is 0.292. The number of benzene rings is 2. The first kappa shape index (κ1) is 19.7. The Kier molecular flexibility index (Phi) is 5.07. The fourth-order valence-electron chi connectivity index (χ4n) is 3.30. The van der Waals surface area contributed by atoms with E-state index in [1.54, 1.807) is 18.2 Å². The summed E-state index contributed by atoms with van der Waals surface area (Å²) in [5.41, 5.74) is 4.65. The van der Waals surface area contributed by atoms with E-state index in [0.717, 1.165) is 5.56 Å². The molecule has 0 bridgehead atoms. The van der Waals surface area contributed by atoms with E-state index in [4.69, 9.17) is 9.47 Å². The van der Waals surface area contributed by atoms with Crippen LogP contribution in [0.2, 0.25) is 0 Å². The molecule has 0 amide bonds. The van der Waals surface area contributed by atoms with Gasteiger partial charge in [0, 0.05) is 6.07 Å². The van der Waals surface area contributed by atoms with E-state index in [1.807, 2.05) is 45.9 Å². The lowest BCUT2D eigenvalue weighted by Gasteiger charge is -2.29. The molecule has 4 nitrogen and oxygen atoms in total. The van der Waals surface area contributed by atoms with Crippen LogP contribution in [-0.4, -0.2) is 23.6 Å². The van der Waals surface area contributed by atoms with Gasteiger partial charge in [0.05, 0.1) is 12.7 Å². The third-order valence-electron chi connectivity index (χ3n) is 5.13. The molecule has 2 aromatic rings. The Morgan fingerprint density at radius 1 is 1.14 bits per heavy atom. The highest BCUT2D eigenvalue weighted by atomic mass is 16.5. The Hall–Kier alpha value is -3.01. The number of hydrogen-bond acceptors (Lipinski definition) is 4. The number of allylic oxidation sites excluding steroid dienone is 1. The summed E-state index contributed by atoms with van der Waals surface area (Å²) in [6.45, 7) is 10.0. The van der Waals surface area contributed by atoms with Crippen molar-refractivity contribution < 1.29 is 19.4 Å². The Bertz CT molecular complexity index is 987. The number of fused-ring (bicyclic) bond motifs is 1. The van der Waals surface area contributed by atoms with Gasteiger partial charge >= 0.3 is 0 Å². The molecule has 146 valence electrons. The summed E-state index contributed by atoms with van der Waals surface area (Å²) in [5.74, 6) is 0.318. The molecule has 0 fully saturated rings. The van der Waals surface area contributed by atoms with Gasteiger partial charge in [-0.2, -0.15) is 0 Å². The quantitative estimate of drug-likeness (QED) is 0.571. The molecule has 0 atom stereocenters. The van der Waals surface area contributed by atoms with Gasteiger partial charge in [-0.1, -0.05) is 18.2 Å². The summed E-state index contributed by atoms with van der Waals surface area (Å²) >= 11 is 0. The van der Waals surface area contributed by atoms with Crippen LogP contribution in [0.25, 0.3) is 12.2 Å². The van der Waals surface area contributed by atoms with E-state index >= 15 is 0 Å². The fourth-order valence-corrected chi connectivity index (χ4v) is 3.30. The molecule has 0 spiro atoms. The zero-order valence-corrected chi connectivity index (χ0v) is 17.2. The van der Waals surface area contributed by atoms with Crippen molar-refractivity contribution in [3.05, 3.63) is 63.7 Å². The number of aromatic hydroxyl groups is 1. The SMILES string of the molecule is COc1cc2c(c(O)c1C(=O)/C=C/c1cc(C)c(C)c(C)c1)C=CC(C)(C)O2. The van der Waals surface area contributed by atoms with E-state index in [0.29, 0.717) is 11.3 Å². The number of aryl methyl sites for hydroxylation is 2. The van der Waals surface area contributed by atoms with Crippen LogP contribution >= 0.6 is 0 Å². The maximum Gasteiger partial charge on any atom is 0.193 e. The predicted octanol–water partition coefficient (Wildman–Crippen LogP) is 5.41. The van der Waals surface area contributed by atoms with Crippen molar-refractivity contribution in [2.24, 2.45) is 0 Å². The topological polar surface area (TPSA) is 55.8 Å². The van der Waals surface area contributed by atoms with Crippen molar-refractivity contribution in [1.82, 2.24) is 0 Å². The lowest BCUT2D eigenvalue weighted by atomic mass is 9.96. The van der Waals surface area contributed by atoms with E-state index in [1.165, 1.54) is 29.9 Å². The van der Waals surface area contributed by atoms with Gasteiger partial charge in [-0.05, 0) is 75.1 Å². The molecule has 28 heavy (non-hydrogen) atoms. The number of ether oxygens (including phenoxy) is 2. The van der Waals surface area contributed by atoms with Crippen LogP contribution in [0, 0.1) is 20.8 Å². The number of phenols is 1. The van der Waals surface area contributed by atoms with E-state index in [9.17, 15) is 9.90 Å². The number of carbonyl (C=O) groups excluding carboxylic acids is 1. The minimum Gasteiger partial charge on any atom is -0.506 e. The van der Waals surface area contributed by atoms with Crippen LogP contribution < -0.4 is 9.47 Å². The molecule has 0 saturated heterocycles. The minimum atomic E-state index is -0.489. The average Bonchev–Trinajstić information content (AvgIpc) is 2.62. The molecular formula is C24H26O4. The number of ketones is 1. The highest BCUT2D eigenvalue weighted by Gasteiger charge is 2.28. The molecular weight excluding hydrogens is 352 g/mol. The Morgan fingerprint density at radius 3 is 2.39 bits per heavy atom. The first-order chi connectivity index (χ1) is 13.1. The molecule has 0 aromatic heterocycles. The Balaban J connectivity index is 2.00. The van der Waals surface area contributed by atoms with E-state index in [2.05, 4.69) is 6.92 Å². The summed E-state index contributed by atoms with van der Waals surface area (Å²) < 4.78 is 11.3. The molecule has 1 heterocycles. The molecule has 1 aliphatic rings. The van der Waals surface area contributed by atoms with Crippen molar-refractivity contribution in [3.63, 3.8) is 0 Å². The minimum absolute atomic E-state index is 0.131. The van der Waals surface area contributed by atoms with Gasteiger partial charge in [-0.15, -0.1) is 0 Å². The monoisotopic (exact) mass is 378 g/mol. The predicted molar refractivity (Wildman–Crippen MR) is 112 cm³/mol. The second-order valence-corrected chi connectivity index (χ2v) is 7.73. The van der Waals surface area contributed by atoms with Crippen LogP contribution in [0.3, 0.4) is 0 Å². The van der Waals surface area contributed by atoms with Gasteiger partial charge in [0.1, 0.15) is 28.4 Å². The first-order valence-corrected chi connectivity index (χ1v) is 9.25. The summed E-state index contributed by atoms with van der Waals surface area (Å²) in [6.07, 6.45) is 6.85. The number of methoxy groups -OCH3 is 1. The van der Waals surface area contributed by atoms with Gasteiger partial charge in [-0.3, -0.25) is 4.79 Å². The third-order valence-corrected chi connectivity index (χ3v) is 5.13. The van der Waals surface area contributed by atoms with Crippen LogP contribution in [-0.2, 0) is 0 Å². The standard InChI is InChI=1S/C24H26O4/c1-14-11-17(12-15(2)16(14)3)7-8-19(25)22-21(27-6)13-20-18(23(22)26)9-10-24(4,5)28-20/h7-13,26H,1-6H3/b8-7+. The highest BCUT2D eigenvalue weighted by Crippen LogP contribution is 2.43. The van der Waals surface area contributed by atoms with Crippen LogP contribution in [0.5, 0.6) is 17.2 Å². The molecule has 0 aliphatic carbocycles. The molecule has 2 aromatic carbocycles. The van der Waals surface area contributed by atoms with Crippen LogP contribution in [0.4, 0.5) is 0 Å². The maximum absolute atomic E-state index is 12.9. The van der Waals surface area contributed by atoms with Crippen molar-refractivity contribution >= 4 is 17.9 Å². The van der Waals surface area contributed by atoms with Gasteiger partial charge in [-0.25, -0.2) is 0 Å². The maximum atomic E-state index is 12.9. The van der Waals surface area contributed by atoms with Crippen LogP contribution in [0.15, 0.2) is 30.4 Å². The molecule has 0 saturated carbocycles. The molecule has 4 heteroatoms. The molecule has 3 rings (SSSR count). The number of rotatable bonds is 4. The number of carbonyl (C=O) groups is 1. The van der Waals surface area contributed by atoms with E-state index < -0.39 is 5.60 Å². The lowest BCUT2D eigenvalue weighted by Crippen LogP contribution is -2.27. The van der Waals surface area contributed by atoms with E-state index in [-0.39, 0.29) is 22.8 Å². The normalized spacial score (nSPS) is 14.6. The molecule has 0 radical (unpaired) electrons. The van der Waals surface area contributed by atoms with Gasteiger partial charge in [0.2, 0.25) is 0 Å². The zero-order valence-electron chi connectivity index (χ0n) is 17.2. The second kappa shape index (κ2) is 7.19. The number of hydrogen-bond donors (Lipinski definition) is 1. The highest BCUT2D eigenvalue weighted by molar-refractivity contribution is 6.11. The van der Waals surface area contributed by atoms with Crippen LogP contribution in [0.1, 0.15) is 52.0 Å². The summed E-state index contributed by atoms with van der Waals surface area (Å²) in [7, 11) is 1.47. The van der Waals surface area contributed by atoms with Crippen molar-refractivity contribution in [1.29, 1.82) is 0 Å². The average molecular weight is 378 g/mol. The van der Waals surface area contributed by atoms with Crippen molar-refractivity contribution in [2.45, 2.75) is 40.2 Å². The summed E-state index contributed by atoms with van der Waals surface area (Å²) in [5, 5.41) is 10.7. The zero-order chi connectivity index (χ0) is 20.6. The summed E-state index contributed by atoms with van der Waals surface area (Å²) in [6, 6.07) is 5.73. The largest absolute Gasteiger partial charge is 0.506 e. The van der Waals surface area contributed by atoms with Gasteiger partial charge in [0.15, 0.2) is 5.78 Å². The Labute approximate surface area is 166 Å². The second-order valence-electron chi connectivity index (χ2n) is 7.73. The molecule has 1 aliphatic heterocycles. The Morgan fingerprint density at radius 2 is 1.79 bits per heavy atom. The third kappa shape index (κ3) is 3.68. The first-order valence-electron chi connectivity index (χ1n) is 9.25. The molecule has 1 N–H and O–H groups in total. The molecule has 0 unspecified atom stereocenters. The smallest absolute Gasteiger partial charge is 0.193 e.